The Bertz CT molecular complexity index is 1560. The number of benzene rings is 3. The normalized spacial score (nSPS) is 24.0. The van der Waals surface area contributed by atoms with Gasteiger partial charge >= 0.3 is 0 Å². The van der Waals surface area contributed by atoms with Crippen molar-refractivity contribution in [2.24, 2.45) is 5.92 Å². The summed E-state index contributed by atoms with van der Waals surface area (Å²) in [6.45, 7) is 6.94. The largest absolute Gasteiger partial charge is 1.00 e. The van der Waals surface area contributed by atoms with E-state index < -0.39 is 23.6 Å². The minimum absolute atomic E-state index is 0. The average Bonchev–Trinajstić information content (AvgIpc) is 3.86. The molecule has 0 aliphatic carbocycles. The van der Waals surface area contributed by atoms with Gasteiger partial charge in [0.05, 0.1) is 38.2 Å². The van der Waals surface area contributed by atoms with Crippen LogP contribution in [0.5, 0.6) is 0 Å². The van der Waals surface area contributed by atoms with Crippen molar-refractivity contribution in [3.05, 3.63) is 108 Å². The number of aliphatic hydroxyl groups is 1. The number of nitrogens with one attached hydrogen (secondary N) is 1. The quantitative estimate of drug-likeness (QED) is 0.131. The molecule has 3 aliphatic heterocycles. The monoisotopic (exact) mass is 814 g/mol. The zero-order valence-corrected chi connectivity index (χ0v) is 34.7. The molecular formula is C46H63BrN4O4. The zero-order chi connectivity index (χ0) is 38.0. The van der Waals surface area contributed by atoms with Gasteiger partial charge in [0.2, 0.25) is 17.7 Å². The van der Waals surface area contributed by atoms with E-state index in [0.717, 1.165) is 40.6 Å². The summed E-state index contributed by atoms with van der Waals surface area (Å²) in [6.07, 6.45) is 10.9. The van der Waals surface area contributed by atoms with Gasteiger partial charge in [-0.2, -0.15) is 0 Å². The number of rotatable bonds is 16. The summed E-state index contributed by atoms with van der Waals surface area (Å²) in [6, 6.07) is 28.9. The van der Waals surface area contributed by atoms with Gasteiger partial charge < -0.3 is 41.7 Å². The number of amides is 3. The van der Waals surface area contributed by atoms with E-state index in [9.17, 15) is 19.5 Å². The van der Waals surface area contributed by atoms with E-state index in [2.05, 4.69) is 55.7 Å². The van der Waals surface area contributed by atoms with Crippen molar-refractivity contribution < 1.29 is 41.0 Å². The summed E-state index contributed by atoms with van der Waals surface area (Å²) in [5.74, 6) is -0.0935. The van der Waals surface area contributed by atoms with Gasteiger partial charge in [0.25, 0.3) is 0 Å². The van der Waals surface area contributed by atoms with Crippen molar-refractivity contribution in [2.75, 3.05) is 46.3 Å². The number of halogens is 1. The molecule has 0 spiro atoms. The van der Waals surface area contributed by atoms with Gasteiger partial charge in [0.15, 0.2) is 0 Å². The number of carbonyl (C=O) groups is 3. The van der Waals surface area contributed by atoms with Crippen LogP contribution in [0.15, 0.2) is 91.0 Å². The Labute approximate surface area is 340 Å². The Morgan fingerprint density at radius 3 is 1.96 bits per heavy atom. The molecule has 6 rings (SSSR count). The van der Waals surface area contributed by atoms with Crippen LogP contribution in [0.3, 0.4) is 0 Å². The molecule has 1 unspecified atom stereocenters. The molecule has 9 heteroatoms. The highest BCUT2D eigenvalue weighted by molar-refractivity contribution is 5.93. The molecule has 3 fully saturated rings. The number of hydrogen-bond acceptors (Lipinski definition) is 4. The van der Waals surface area contributed by atoms with Crippen LogP contribution in [0.2, 0.25) is 0 Å². The summed E-state index contributed by atoms with van der Waals surface area (Å²) in [7, 11) is 2.38. The summed E-state index contributed by atoms with van der Waals surface area (Å²) in [5.41, 5.74) is 2.12. The van der Waals surface area contributed by atoms with E-state index in [-0.39, 0.29) is 54.1 Å². The highest BCUT2D eigenvalue weighted by Gasteiger charge is 2.47. The number of hydrogen-bond donors (Lipinski definition) is 2. The third-order valence-corrected chi connectivity index (χ3v) is 12.6. The topological polar surface area (TPSA) is 89.9 Å². The maximum absolute atomic E-state index is 14.7. The van der Waals surface area contributed by atoms with Crippen LogP contribution in [-0.4, -0.2) is 102 Å². The number of unbranched alkanes of at least 4 members (excludes halogenated alkanes) is 5. The third kappa shape index (κ3) is 10.3. The lowest BCUT2D eigenvalue weighted by atomic mass is 9.67. The van der Waals surface area contributed by atoms with Gasteiger partial charge in [-0.1, -0.05) is 124 Å². The first kappa shape index (κ1) is 42.6. The van der Waals surface area contributed by atoms with Crippen molar-refractivity contribution in [1.82, 2.24) is 15.1 Å². The SMILES string of the molecule is CCCCCCCC[N+]1(C)CCC[C@H](CNC(=O)[C@H]2CCCN2C(=O)[C@@H]2C[C@@H](O)CN2C(=O)CC(c2ccccc2)(c2ccccc2)c2ccccc2)C1.[Br-]. The first-order valence-electron chi connectivity index (χ1n) is 20.8. The van der Waals surface area contributed by atoms with Crippen LogP contribution in [-0.2, 0) is 19.8 Å². The number of nitrogens with zero attached hydrogens (tertiary/aromatic N) is 3. The molecule has 55 heavy (non-hydrogen) atoms. The zero-order valence-electron chi connectivity index (χ0n) is 33.1. The molecule has 0 bridgehead atoms. The number of piperidine rings is 1. The van der Waals surface area contributed by atoms with Crippen molar-refractivity contribution in [3.8, 4) is 0 Å². The number of aliphatic hydroxyl groups excluding tert-OH is 1. The molecule has 3 saturated heterocycles. The van der Waals surface area contributed by atoms with Crippen LogP contribution in [0.4, 0.5) is 0 Å². The van der Waals surface area contributed by atoms with Crippen LogP contribution < -0.4 is 22.3 Å². The molecule has 3 aromatic carbocycles. The Morgan fingerprint density at radius 1 is 0.782 bits per heavy atom. The van der Waals surface area contributed by atoms with Crippen LogP contribution in [0, 0.1) is 5.92 Å². The number of likely N-dealkylation sites (tertiary alicyclic amines) is 3. The lowest BCUT2D eigenvalue weighted by Crippen LogP contribution is -3.00. The molecular weight excluding hydrogens is 752 g/mol. The predicted octanol–water partition coefficient (Wildman–Crippen LogP) is 3.70. The van der Waals surface area contributed by atoms with Gasteiger partial charge in [-0.05, 0) is 55.2 Å². The first-order chi connectivity index (χ1) is 26.2. The fraction of sp³-hybridized carbons (Fsp3) is 0.543. The Balaban J connectivity index is 0.00000580. The van der Waals surface area contributed by atoms with Gasteiger partial charge in [0.1, 0.15) is 12.1 Å². The van der Waals surface area contributed by atoms with Crippen molar-refractivity contribution in [3.63, 3.8) is 0 Å². The van der Waals surface area contributed by atoms with E-state index in [4.69, 9.17) is 0 Å². The summed E-state index contributed by atoms with van der Waals surface area (Å²) >= 11 is 0. The second kappa shape index (κ2) is 20.1. The van der Waals surface area contributed by atoms with Gasteiger partial charge in [-0.3, -0.25) is 14.4 Å². The third-order valence-electron chi connectivity index (χ3n) is 12.6. The lowest BCUT2D eigenvalue weighted by molar-refractivity contribution is -0.917. The number of β-amino-alcohol motifs (C(OH)–C–C–N with tert-alkyl or cyclic N) is 1. The first-order valence-corrected chi connectivity index (χ1v) is 20.8. The van der Waals surface area contributed by atoms with Gasteiger partial charge in [-0.25, -0.2) is 0 Å². The minimum Gasteiger partial charge on any atom is -1.00 e. The van der Waals surface area contributed by atoms with Crippen LogP contribution >= 0.6 is 0 Å². The van der Waals surface area contributed by atoms with E-state index in [1.165, 1.54) is 58.0 Å². The molecule has 0 saturated carbocycles. The fourth-order valence-electron chi connectivity index (χ4n) is 9.69. The summed E-state index contributed by atoms with van der Waals surface area (Å²) in [4.78, 5) is 46.2. The van der Waals surface area contributed by atoms with E-state index in [1.54, 1.807) is 9.80 Å². The molecule has 2 N–H and O–H groups in total. The average molecular weight is 816 g/mol. The Morgan fingerprint density at radius 2 is 1.36 bits per heavy atom. The Hall–Kier alpha value is -3.53. The lowest BCUT2D eigenvalue weighted by Gasteiger charge is -2.41. The molecule has 0 aromatic heterocycles. The van der Waals surface area contributed by atoms with Crippen LogP contribution in [0.25, 0.3) is 0 Å². The molecule has 3 aromatic rings. The smallest absolute Gasteiger partial charge is 0.246 e. The van der Waals surface area contributed by atoms with Gasteiger partial charge in [-0.15, -0.1) is 0 Å². The minimum atomic E-state index is -0.820. The maximum Gasteiger partial charge on any atom is 0.246 e. The van der Waals surface area contributed by atoms with Crippen LogP contribution in [0.1, 0.15) is 101 Å². The van der Waals surface area contributed by atoms with Gasteiger partial charge in [0, 0.05) is 38.4 Å². The summed E-state index contributed by atoms with van der Waals surface area (Å²) in [5, 5.41) is 14.2. The second-order valence-electron chi connectivity index (χ2n) is 16.6. The Kier molecular flexibility index (Phi) is 15.5. The molecule has 8 nitrogen and oxygen atoms in total. The number of quaternary nitrogens is 1. The molecule has 298 valence electrons. The fourth-order valence-corrected chi connectivity index (χ4v) is 9.69. The molecule has 3 amide bonds. The van der Waals surface area contributed by atoms with E-state index in [0.29, 0.717) is 25.4 Å². The number of carbonyl (C=O) groups excluding carboxylic acids is 3. The standard InChI is InChI=1S/C46H62N4O4.BrH/c1-3-4-5-6-7-17-29-50(2)30-19-20-36(35-50)33-47-44(53)41-27-18-28-48(41)45(54)42-31-40(51)34-49(42)43(52)32-46(37-21-11-8-12-22-37,38-23-13-9-14-24-38)39-25-15-10-16-26-39;/h8-16,21-26,36,40-42,51H,3-7,17-20,27-35H2,1-2H3;1H/t36-,40-,41-,42+,50?;/m1./s1. The second-order valence-corrected chi connectivity index (χ2v) is 16.6. The highest BCUT2D eigenvalue weighted by atomic mass is 79.9. The summed E-state index contributed by atoms with van der Waals surface area (Å²) < 4.78 is 1.08. The molecule has 0 radical (unpaired) electrons. The maximum atomic E-state index is 14.7. The van der Waals surface area contributed by atoms with E-state index >= 15 is 0 Å². The predicted molar refractivity (Wildman–Crippen MR) is 215 cm³/mol. The highest BCUT2D eigenvalue weighted by Crippen LogP contribution is 2.43. The van der Waals surface area contributed by atoms with E-state index in [1.807, 2.05) is 54.6 Å². The van der Waals surface area contributed by atoms with Crippen molar-refractivity contribution in [1.29, 1.82) is 0 Å². The van der Waals surface area contributed by atoms with Crippen molar-refractivity contribution in [2.45, 2.75) is 108 Å². The van der Waals surface area contributed by atoms with Crippen molar-refractivity contribution >= 4 is 17.7 Å². The molecule has 5 atom stereocenters. The molecule has 3 heterocycles. The molecule has 3 aliphatic rings.